The van der Waals surface area contributed by atoms with Crippen molar-refractivity contribution >= 4 is 12.4 Å². The molecule has 23 heavy (non-hydrogen) atoms. The average molecular weight is 351 g/mol. The van der Waals surface area contributed by atoms with Gasteiger partial charge in [-0.05, 0) is 20.3 Å². The van der Waals surface area contributed by atoms with E-state index in [4.69, 9.17) is 5.73 Å². The predicted octanol–water partition coefficient (Wildman–Crippen LogP) is 7.57. The van der Waals surface area contributed by atoms with Crippen LogP contribution < -0.4 is 11.9 Å². The first kappa shape index (κ1) is 28.0. The Kier molecular flexibility index (Phi) is 24.7. The molecule has 0 unspecified atom stereocenters. The fourth-order valence-corrected chi connectivity index (χ4v) is 2.95. The zero-order valence-electron chi connectivity index (χ0n) is 16.5. The van der Waals surface area contributed by atoms with Gasteiger partial charge < -0.3 is 11.9 Å². The van der Waals surface area contributed by atoms with E-state index in [2.05, 4.69) is 20.8 Å². The molecule has 0 aliphatic carbocycles. The van der Waals surface area contributed by atoms with Crippen molar-refractivity contribution in [3.63, 3.8) is 0 Å². The van der Waals surface area contributed by atoms with Crippen LogP contribution in [0.3, 0.4) is 0 Å². The van der Waals surface area contributed by atoms with Gasteiger partial charge in [0, 0.05) is 5.54 Å². The first-order valence-electron chi connectivity index (χ1n) is 9.85. The molecule has 0 spiro atoms. The van der Waals surface area contributed by atoms with Gasteiger partial charge >= 0.3 is 0 Å². The third kappa shape index (κ3) is 27.4. The number of hydrogen-bond acceptors (Lipinski definition) is 2. The summed E-state index contributed by atoms with van der Waals surface area (Å²) in [6.07, 6.45) is 22.7. The maximum Gasteiger partial charge on any atom is 0.00970 e. The van der Waals surface area contributed by atoms with Crippen LogP contribution in [0.15, 0.2) is 0 Å². The summed E-state index contributed by atoms with van der Waals surface area (Å²) < 4.78 is 0. The number of hydrogen-bond donors (Lipinski definition) is 2. The fraction of sp³-hybridized carbons (Fsp3) is 1.00. The summed E-state index contributed by atoms with van der Waals surface area (Å²) >= 11 is 0. The first-order valence-corrected chi connectivity index (χ1v) is 9.85. The Morgan fingerprint density at radius 1 is 0.565 bits per heavy atom. The van der Waals surface area contributed by atoms with E-state index in [-0.39, 0.29) is 24.1 Å². The molecule has 0 atom stereocenters. The molecule has 144 valence electrons. The van der Waals surface area contributed by atoms with Crippen LogP contribution in [-0.2, 0) is 0 Å². The minimum Gasteiger partial charge on any atom is -0.344 e. The van der Waals surface area contributed by atoms with Gasteiger partial charge in [-0.15, -0.1) is 12.4 Å². The number of halogens is 1. The first-order chi connectivity index (χ1) is 10.1. The van der Waals surface area contributed by atoms with Crippen molar-refractivity contribution in [2.45, 2.75) is 129 Å². The van der Waals surface area contributed by atoms with Crippen LogP contribution in [0.25, 0.3) is 0 Å². The van der Waals surface area contributed by atoms with E-state index in [1.165, 1.54) is 103 Å². The molecule has 0 saturated carbocycles. The molecule has 0 radical (unpaired) electrons. The molecule has 0 aliphatic rings. The molecular weight excluding hydrogens is 304 g/mol. The standard InChI is InChI=1S/C20H43N.ClH.H3N/c1-4-5-6-7-8-9-10-11-12-13-14-15-16-17-18-19-20(2,3)21;;/h4-19,21H2,1-3H3;1H;1H3. The van der Waals surface area contributed by atoms with E-state index in [9.17, 15) is 0 Å². The molecule has 0 saturated heterocycles. The van der Waals surface area contributed by atoms with Gasteiger partial charge in [0.15, 0.2) is 0 Å². The summed E-state index contributed by atoms with van der Waals surface area (Å²) in [5, 5.41) is 0. The van der Waals surface area contributed by atoms with Gasteiger partial charge in [0.05, 0.1) is 0 Å². The maximum atomic E-state index is 5.99. The Hall–Kier alpha value is 0.210. The minimum absolute atomic E-state index is 0. The van der Waals surface area contributed by atoms with Gasteiger partial charge in [0.1, 0.15) is 0 Å². The smallest absolute Gasteiger partial charge is 0.00970 e. The van der Waals surface area contributed by atoms with E-state index in [1.54, 1.807) is 0 Å². The monoisotopic (exact) mass is 350 g/mol. The van der Waals surface area contributed by atoms with Crippen LogP contribution >= 0.6 is 12.4 Å². The highest BCUT2D eigenvalue weighted by molar-refractivity contribution is 5.85. The normalized spacial score (nSPS) is 11.0. The van der Waals surface area contributed by atoms with Crippen LogP contribution in [-0.4, -0.2) is 5.54 Å². The highest BCUT2D eigenvalue weighted by Crippen LogP contribution is 2.15. The minimum atomic E-state index is 0. The van der Waals surface area contributed by atoms with E-state index in [0.717, 1.165) is 0 Å². The summed E-state index contributed by atoms with van der Waals surface area (Å²) in [5.41, 5.74) is 6.03. The lowest BCUT2D eigenvalue weighted by Crippen LogP contribution is -2.31. The summed E-state index contributed by atoms with van der Waals surface area (Å²) in [7, 11) is 0. The fourth-order valence-electron chi connectivity index (χ4n) is 2.95. The SMILES string of the molecule is CCCCCCCCCCCCCCCCCC(C)(C)N.Cl.N. The molecule has 0 aromatic rings. The molecule has 5 N–H and O–H groups in total. The Morgan fingerprint density at radius 2 is 0.826 bits per heavy atom. The lowest BCUT2D eigenvalue weighted by molar-refractivity contribution is 0.440. The van der Waals surface area contributed by atoms with E-state index >= 15 is 0 Å². The van der Waals surface area contributed by atoms with Crippen molar-refractivity contribution in [1.82, 2.24) is 6.15 Å². The van der Waals surface area contributed by atoms with Gasteiger partial charge in [-0.25, -0.2) is 0 Å². The highest BCUT2D eigenvalue weighted by atomic mass is 35.5. The third-order valence-corrected chi connectivity index (χ3v) is 4.42. The van der Waals surface area contributed by atoms with Crippen molar-refractivity contribution in [2.75, 3.05) is 0 Å². The lowest BCUT2D eigenvalue weighted by Gasteiger charge is -2.17. The van der Waals surface area contributed by atoms with Crippen molar-refractivity contribution in [3.05, 3.63) is 0 Å². The van der Waals surface area contributed by atoms with Gasteiger partial charge in [-0.3, -0.25) is 0 Å². The van der Waals surface area contributed by atoms with Gasteiger partial charge in [0.25, 0.3) is 0 Å². The molecule has 0 aliphatic heterocycles. The van der Waals surface area contributed by atoms with Crippen molar-refractivity contribution in [1.29, 1.82) is 0 Å². The summed E-state index contributed by atoms with van der Waals surface area (Å²) in [5.74, 6) is 0. The van der Waals surface area contributed by atoms with Gasteiger partial charge in [0.2, 0.25) is 0 Å². The summed E-state index contributed by atoms with van der Waals surface area (Å²) in [6, 6.07) is 0. The Labute approximate surface area is 153 Å². The molecule has 0 fully saturated rings. The number of unbranched alkanes of at least 4 members (excludes halogenated alkanes) is 14. The molecule has 0 rings (SSSR count). The molecule has 3 heteroatoms. The van der Waals surface area contributed by atoms with Crippen molar-refractivity contribution in [3.8, 4) is 0 Å². The number of rotatable bonds is 16. The van der Waals surface area contributed by atoms with Crippen LogP contribution in [0.5, 0.6) is 0 Å². The molecule has 0 aromatic heterocycles. The van der Waals surface area contributed by atoms with Crippen LogP contribution in [0, 0.1) is 0 Å². The molecule has 0 amide bonds. The van der Waals surface area contributed by atoms with Crippen molar-refractivity contribution in [2.24, 2.45) is 5.73 Å². The molecule has 2 nitrogen and oxygen atoms in total. The Morgan fingerprint density at radius 3 is 1.09 bits per heavy atom. The van der Waals surface area contributed by atoms with Crippen LogP contribution in [0.2, 0.25) is 0 Å². The van der Waals surface area contributed by atoms with Crippen molar-refractivity contribution < 1.29 is 0 Å². The molecule has 0 heterocycles. The number of nitrogens with two attached hydrogens (primary N) is 1. The Balaban J connectivity index is -0.00000200. The van der Waals surface area contributed by atoms with E-state index < -0.39 is 0 Å². The van der Waals surface area contributed by atoms with Gasteiger partial charge in [-0.1, -0.05) is 103 Å². The van der Waals surface area contributed by atoms with E-state index in [1.807, 2.05) is 0 Å². The molecule has 0 bridgehead atoms. The third-order valence-electron chi connectivity index (χ3n) is 4.42. The topological polar surface area (TPSA) is 61.0 Å². The average Bonchev–Trinajstić information content (AvgIpc) is 2.42. The zero-order chi connectivity index (χ0) is 15.8. The lowest BCUT2D eigenvalue weighted by atomic mass is 9.97. The quantitative estimate of drug-likeness (QED) is 0.282. The second kappa shape index (κ2) is 20.3. The van der Waals surface area contributed by atoms with E-state index in [0.29, 0.717) is 0 Å². The second-order valence-corrected chi connectivity index (χ2v) is 7.69. The predicted molar refractivity (Wildman–Crippen MR) is 110 cm³/mol. The van der Waals surface area contributed by atoms with Gasteiger partial charge in [-0.2, -0.15) is 0 Å². The highest BCUT2D eigenvalue weighted by Gasteiger charge is 2.08. The Bertz CT molecular complexity index is 202. The van der Waals surface area contributed by atoms with Crippen LogP contribution in [0.4, 0.5) is 0 Å². The van der Waals surface area contributed by atoms with Crippen LogP contribution in [0.1, 0.15) is 124 Å². The molecule has 0 aromatic carbocycles. The summed E-state index contributed by atoms with van der Waals surface area (Å²) in [6.45, 7) is 6.56. The summed E-state index contributed by atoms with van der Waals surface area (Å²) in [4.78, 5) is 0. The largest absolute Gasteiger partial charge is 0.344 e. The zero-order valence-corrected chi connectivity index (χ0v) is 17.3. The maximum absolute atomic E-state index is 5.99. The second-order valence-electron chi connectivity index (χ2n) is 7.69. The molecular formula is C20H47ClN2.